The van der Waals surface area contributed by atoms with E-state index in [0.29, 0.717) is 17.1 Å². The Morgan fingerprint density at radius 3 is 2.56 bits per heavy atom. The Labute approximate surface area is 148 Å². The summed E-state index contributed by atoms with van der Waals surface area (Å²) in [6.45, 7) is 1.08. The fraction of sp³-hybridized carbons (Fsp3) is 0.176. The zero-order chi connectivity index (χ0) is 18.4. The van der Waals surface area contributed by atoms with E-state index in [9.17, 15) is 14.0 Å². The molecule has 2 aromatic rings. The molecule has 25 heavy (non-hydrogen) atoms. The summed E-state index contributed by atoms with van der Waals surface area (Å²) < 4.78 is 23.5. The summed E-state index contributed by atoms with van der Waals surface area (Å²) in [5, 5.41) is 5.15. The van der Waals surface area contributed by atoms with Gasteiger partial charge in [-0.2, -0.15) is 0 Å². The third-order valence-electron chi connectivity index (χ3n) is 3.05. The third-order valence-corrected chi connectivity index (χ3v) is 3.34. The first-order chi connectivity index (χ1) is 11.9. The lowest BCUT2D eigenvalue weighted by molar-refractivity contribution is -0.118. The van der Waals surface area contributed by atoms with E-state index in [-0.39, 0.29) is 23.3 Å². The van der Waals surface area contributed by atoms with Crippen molar-refractivity contribution in [3.63, 3.8) is 0 Å². The zero-order valence-corrected chi connectivity index (χ0v) is 14.3. The fourth-order valence-electron chi connectivity index (χ4n) is 1.99. The van der Waals surface area contributed by atoms with Crippen molar-refractivity contribution in [2.45, 2.75) is 6.92 Å². The number of methoxy groups -OCH3 is 1. The fourth-order valence-corrected chi connectivity index (χ4v) is 2.16. The lowest BCUT2D eigenvalue weighted by Crippen LogP contribution is -2.20. The van der Waals surface area contributed by atoms with Crippen LogP contribution < -0.4 is 20.1 Å². The number of hydrogen-bond donors (Lipinski definition) is 2. The molecule has 8 heteroatoms. The van der Waals surface area contributed by atoms with Crippen LogP contribution in [0.5, 0.6) is 11.5 Å². The summed E-state index contributed by atoms with van der Waals surface area (Å²) in [5.74, 6) is -0.527. The highest BCUT2D eigenvalue weighted by Crippen LogP contribution is 2.28. The van der Waals surface area contributed by atoms with Gasteiger partial charge in [0.05, 0.1) is 17.8 Å². The molecule has 0 saturated carbocycles. The average Bonchev–Trinajstić information content (AvgIpc) is 2.56. The monoisotopic (exact) mass is 366 g/mol. The number of amides is 2. The van der Waals surface area contributed by atoms with E-state index in [1.54, 1.807) is 18.2 Å². The second-order valence-corrected chi connectivity index (χ2v) is 5.42. The Hall–Kier alpha value is -2.80. The van der Waals surface area contributed by atoms with Crippen LogP contribution in [0, 0.1) is 5.82 Å². The van der Waals surface area contributed by atoms with Crippen molar-refractivity contribution in [2.75, 3.05) is 24.4 Å². The Morgan fingerprint density at radius 1 is 1.16 bits per heavy atom. The molecule has 0 aliphatic carbocycles. The summed E-state index contributed by atoms with van der Waals surface area (Å²) in [6.07, 6.45) is 0. The van der Waals surface area contributed by atoms with E-state index in [4.69, 9.17) is 21.1 Å². The van der Waals surface area contributed by atoms with E-state index < -0.39 is 11.7 Å². The van der Waals surface area contributed by atoms with Gasteiger partial charge < -0.3 is 20.1 Å². The first kappa shape index (κ1) is 18.5. The maximum absolute atomic E-state index is 13.1. The number of hydrogen-bond acceptors (Lipinski definition) is 4. The van der Waals surface area contributed by atoms with Gasteiger partial charge in [0.15, 0.2) is 6.61 Å². The van der Waals surface area contributed by atoms with Crippen LogP contribution in [-0.2, 0) is 9.59 Å². The smallest absolute Gasteiger partial charge is 0.262 e. The Morgan fingerprint density at radius 2 is 1.92 bits per heavy atom. The molecule has 6 nitrogen and oxygen atoms in total. The molecule has 132 valence electrons. The van der Waals surface area contributed by atoms with Crippen molar-refractivity contribution in [1.82, 2.24) is 0 Å². The second kappa shape index (κ2) is 8.34. The zero-order valence-electron chi connectivity index (χ0n) is 13.6. The topological polar surface area (TPSA) is 76.7 Å². The molecule has 0 bridgehead atoms. The molecule has 0 saturated heterocycles. The van der Waals surface area contributed by atoms with Crippen molar-refractivity contribution in [2.24, 2.45) is 0 Å². The van der Waals surface area contributed by atoms with E-state index in [1.165, 1.54) is 26.2 Å². The maximum Gasteiger partial charge on any atom is 0.262 e. The SMILES string of the molecule is COc1ccc(NC(=O)COc2ccc(F)c(Cl)c2)cc1NC(C)=O. The molecule has 2 aromatic carbocycles. The molecule has 2 amide bonds. The predicted molar refractivity (Wildman–Crippen MR) is 92.8 cm³/mol. The van der Waals surface area contributed by atoms with Gasteiger partial charge in [-0.15, -0.1) is 0 Å². The van der Waals surface area contributed by atoms with Gasteiger partial charge in [-0.25, -0.2) is 4.39 Å². The predicted octanol–water partition coefficient (Wildman–Crippen LogP) is 3.46. The van der Waals surface area contributed by atoms with Gasteiger partial charge in [0.25, 0.3) is 5.91 Å². The Bertz CT molecular complexity index is 798. The van der Waals surface area contributed by atoms with Gasteiger partial charge in [0.2, 0.25) is 5.91 Å². The normalized spacial score (nSPS) is 10.1. The van der Waals surface area contributed by atoms with Crippen LogP contribution in [0.4, 0.5) is 15.8 Å². The maximum atomic E-state index is 13.1. The molecule has 2 N–H and O–H groups in total. The highest BCUT2D eigenvalue weighted by Gasteiger charge is 2.09. The lowest BCUT2D eigenvalue weighted by Gasteiger charge is -2.12. The van der Waals surface area contributed by atoms with Crippen molar-refractivity contribution in [3.8, 4) is 11.5 Å². The molecular formula is C17H16ClFN2O4. The van der Waals surface area contributed by atoms with Crippen LogP contribution in [0.2, 0.25) is 5.02 Å². The first-order valence-electron chi connectivity index (χ1n) is 7.22. The minimum atomic E-state index is -0.567. The van der Waals surface area contributed by atoms with Gasteiger partial charge in [0.1, 0.15) is 17.3 Å². The highest BCUT2D eigenvalue weighted by atomic mass is 35.5. The number of benzene rings is 2. The quantitative estimate of drug-likeness (QED) is 0.820. The molecule has 0 radical (unpaired) electrons. The molecule has 2 rings (SSSR count). The molecule has 0 fully saturated rings. The molecule has 0 atom stereocenters. The minimum absolute atomic E-state index is 0.0898. The van der Waals surface area contributed by atoms with Crippen LogP contribution in [-0.4, -0.2) is 25.5 Å². The average molecular weight is 367 g/mol. The molecular weight excluding hydrogens is 351 g/mol. The summed E-state index contributed by atoms with van der Waals surface area (Å²) >= 11 is 5.64. The van der Waals surface area contributed by atoms with Gasteiger partial charge in [-0.3, -0.25) is 9.59 Å². The van der Waals surface area contributed by atoms with Gasteiger partial charge in [-0.1, -0.05) is 11.6 Å². The van der Waals surface area contributed by atoms with Crippen LogP contribution in [0.3, 0.4) is 0 Å². The van der Waals surface area contributed by atoms with Gasteiger partial charge in [-0.05, 0) is 30.3 Å². The highest BCUT2D eigenvalue weighted by molar-refractivity contribution is 6.30. The van der Waals surface area contributed by atoms with Gasteiger partial charge >= 0.3 is 0 Å². The van der Waals surface area contributed by atoms with E-state index >= 15 is 0 Å². The second-order valence-electron chi connectivity index (χ2n) is 5.01. The van der Waals surface area contributed by atoms with Crippen LogP contribution >= 0.6 is 11.6 Å². The van der Waals surface area contributed by atoms with Crippen LogP contribution in [0.1, 0.15) is 6.92 Å². The van der Waals surface area contributed by atoms with Crippen molar-refractivity contribution in [1.29, 1.82) is 0 Å². The molecule has 0 unspecified atom stereocenters. The number of ether oxygens (including phenoxy) is 2. The van der Waals surface area contributed by atoms with E-state index in [2.05, 4.69) is 10.6 Å². The standard InChI is InChI=1S/C17H16ClFN2O4/c1-10(22)20-15-7-11(3-6-16(15)24-2)21-17(23)9-25-12-4-5-14(19)13(18)8-12/h3-8H,9H2,1-2H3,(H,20,22)(H,21,23). The molecule has 0 aliphatic heterocycles. The number of carbonyl (C=O) groups is 2. The molecule has 0 spiro atoms. The summed E-state index contributed by atoms with van der Waals surface area (Å²) in [7, 11) is 1.47. The van der Waals surface area contributed by atoms with Crippen LogP contribution in [0.15, 0.2) is 36.4 Å². The number of carbonyl (C=O) groups excluding carboxylic acids is 2. The lowest BCUT2D eigenvalue weighted by atomic mass is 10.2. The summed E-state index contributed by atoms with van der Waals surface area (Å²) in [4.78, 5) is 23.2. The van der Waals surface area contributed by atoms with Crippen molar-refractivity contribution >= 4 is 34.8 Å². The number of rotatable bonds is 6. The molecule has 0 aliphatic rings. The number of halogens is 2. The minimum Gasteiger partial charge on any atom is -0.495 e. The Kier molecular flexibility index (Phi) is 6.19. The van der Waals surface area contributed by atoms with E-state index in [1.807, 2.05) is 0 Å². The van der Waals surface area contributed by atoms with E-state index in [0.717, 1.165) is 6.07 Å². The van der Waals surface area contributed by atoms with Crippen LogP contribution in [0.25, 0.3) is 0 Å². The Balaban J connectivity index is 1.99. The third kappa shape index (κ3) is 5.36. The van der Waals surface area contributed by atoms with Crippen molar-refractivity contribution in [3.05, 3.63) is 47.2 Å². The molecule has 0 heterocycles. The summed E-state index contributed by atoms with van der Waals surface area (Å²) in [6, 6.07) is 8.60. The van der Waals surface area contributed by atoms with Gasteiger partial charge in [0, 0.05) is 18.7 Å². The largest absolute Gasteiger partial charge is 0.495 e. The molecule has 0 aromatic heterocycles. The van der Waals surface area contributed by atoms with Crippen molar-refractivity contribution < 1.29 is 23.5 Å². The number of anilines is 2. The first-order valence-corrected chi connectivity index (χ1v) is 7.60. The number of nitrogens with one attached hydrogen (secondary N) is 2. The summed E-state index contributed by atoms with van der Waals surface area (Å²) in [5.41, 5.74) is 0.884.